The molecule has 1 N–H and O–H groups in total. The molecule has 92 valence electrons. The number of aliphatic hydroxyl groups is 1. The molecular weight excluding hydrogens is 214 g/mol. The van der Waals surface area contributed by atoms with Gasteiger partial charge in [0, 0.05) is 25.5 Å². The van der Waals surface area contributed by atoms with Crippen LogP contribution >= 0.6 is 0 Å². The second-order valence-corrected chi connectivity index (χ2v) is 5.30. The van der Waals surface area contributed by atoms with E-state index in [0.717, 1.165) is 38.3 Å². The average molecular weight is 233 g/mol. The molecule has 0 radical (unpaired) electrons. The molecule has 1 aromatic heterocycles. The molecule has 4 heteroatoms. The van der Waals surface area contributed by atoms with Gasteiger partial charge in [-0.2, -0.15) is 0 Å². The zero-order valence-corrected chi connectivity index (χ0v) is 10.2. The quantitative estimate of drug-likeness (QED) is 0.835. The van der Waals surface area contributed by atoms with Crippen LogP contribution in [0.3, 0.4) is 0 Å². The maximum atomic E-state index is 9.61. The van der Waals surface area contributed by atoms with Crippen LogP contribution in [0.2, 0.25) is 0 Å². The summed E-state index contributed by atoms with van der Waals surface area (Å²) in [7, 11) is 0. The van der Waals surface area contributed by atoms with Gasteiger partial charge in [-0.15, -0.1) is 0 Å². The number of fused-ring (bicyclic) bond motifs is 1. The summed E-state index contributed by atoms with van der Waals surface area (Å²) in [4.78, 5) is 11.1. The minimum Gasteiger partial charge on any atom is -0.393 e. The fraction of sp³-hybridized carbons (Fsp3) is 0.692. The molecule has 3 rings (SSSR count). The Morgan fingerprint density at radius 2 is 1.82 bits per heavy atom. The molecule has 0 bridgehead atoms. The van der Waals surface area contributed by atoms with Gasteiger partial charge >= 0.3 is 0 Å². The van der Waals surface area contributed by atoms with Crippen LogP contribution in [0, 0.1) is 11.8 Å². The molecule has 0 amide bonds. The predicted molar refractivity (Wildman–Crippen MR) is 65.8 cm³/mol. The van der Waals surface area contributed by atoms with E-state index < -0.39 is 0 Å². The molecular formula is C13H19N3O. The molecule has 2 aliphatic rings. The van der Waals surface area contributed by atoms with E-state index in [1.807, 2.05) is 12.4 Å². The predicted octanol–water partition coefficient (Wildman–Crippen LogP) is 1.25. The smallest absolute Gasteiger partial charge is 0.225 e. The SMILES string of the molecule is CCc1cnc(N2CC3CC(O)CC3C2)nc1. The van der Waals surface area contributed by atoms with Gasteiger partial charge in [0.25, 0.3) is 0 Å². The van der Waals surface area contributed by atoms with E-state index in [2.05, 4.69) is 21.8 Å². The molecule has 2 fully saturated rings. The van der Waals surface area contributed by atoms with Crippen molar-refractivity contribution in [2.24, 2.45) is 11.8 Å². The van der Waals surface area contributed by atoms with Crippen LogP contribution in [0.5, 0.6) is 0 Å². The Bertz CT molecular complexity index is 378. The third-order valence-corrected chi connectivity index (χ3v) is 4.11. The second-order valence-electron chi connectivity index (χ2n) is 5.30. The molecule has 1 aliphatic heterocycles. The molecule has 2 atom stereocenters. The summed E-state index contributed by atoms with van der Waals surface area (Å²) in [5.41, 5.74) is 1.18. The van der Waals surface area contributed by atoms with Crippen molar-refractivity contribution in [3.63, 3.8) is 0 Å². The van der Waals surface area contributed by atoms with Gasteiger partial charge < -0.3 is 10.0 Å². The van der Waals surface area contributed by atoms with E-state index in [1.54, 1.807) is 0 Å². The van der Waals surface area contributed by atoms with E-state index in [4.69, 9.17) is 0 Å². The minimum absolute atomic E-state index is 0.0736. The molecule has 2 unspecified atom stereocenters. The number of hydrogen-bond acceptors (Lipinski definition) is 4. The van der Waals surface area contributed by atoms with Gasteiger partial charge in [0.2, 0.25) is 5.95 Å². The molecule has 2 heterocycles. The Kier molecular flexibility index (Phi) is 2.74. The maximum absolute atomic E-state index is 9.61. The first-order chi connectivity index (χ1) is 8.26. The lowest BCUT2D eigenvalue weighted by molar-refractivity contribution is 0.174. The lowest BCUT2D eigenvalue weighted by Crippen LogP contribution is -2.24. The van der Waals surface area contributed by atoms with E-state index in [-0.39, 0.29) is 6.10 Å². The molecule has 1 saturated heterocycles. The number of anilines is 1. The largest absolute Gasteiger partial charge is 0.393 e. The third kappa shape index (κ3) is 2.02. The Morgan fingerprint density at radius 3 is 2.35 bits per heavy atom. The van der Waals surface area contributed by atoms with Crippen molar-refractivity contribution in [2.75, 3.05) is 18.0 Å². The topological polar surface area (TPSA) is 49.2 Å². The van der Waals surface area contributed by atoms with Gasteiger partial charge in [0.15, 0.2) is 0 Å². The van der Waals surface area contributed by atoms with Gasteiger partial charge in [-0.3, -0.25) is 0 Å². The Morgan fingerprint density at radius 1 is 1.24 bits per heavy atom. The van der Waals surface area contributed by atoms with Crippen molar-refractivity contribution < 1.29 is 5.11 Å². The fourth-order valence-electron chi connectivity index (χ4n) is 3.13. The van der Waals surface area contributed by atoms with Crippen molar-refractivity contribution in [2.45, 2.75) is 32.3 Å². The van der Waals surface area contributed by atoms with Gasteiger partial charge in [-0.1, -0.05) is 6.92 Å². The summed E-state index contributed by atoms with van der Waals surface area (Å²) in [6, 6.07) is 0. The number of rotatable bonds is 2. The van der Waals surface area contributed by atoms with Crippen LogP contribution in [0.15, 0.2) is 12.4 Å². The first-order valence-corrected chi connectivity index (χ1v) is 6.50. The van der Waals surface area contributed by atoms with E-state index in [0.29, 0.717) is 11.8 Å². The van der Waals surface area contributed by atoms with Crippen LogP contribution in [-0.4, -0.2) is 34.3 Å². The molecule has 4 nitrogen and oxygen atoms in total. The third-order valence-electron chi connectivity index (χ3n) is 4.11. The number of aryl methyl sites for hydroxylation is 1. The highest BCUT2D eigenvalue weighted by Gasteiger charge is 2.40. The number of hydrogen-bond donors (Lipinski definition) is 1. The lowest BCUT2D eigenvalue weighted by atomic mass is 10.0. The highest BCUT2D eigenvalue weighted by Crippen LogP contribution is 2.38. The molecule has 1 saturated carbocycles. The first kappa shape index (κ1) is 11.0. The van der Waals surface area contributed by atoms with Gasteiger partial charge in [0.1, 0.15) is 0 Å². The number of aliphatic hydroxyl groups excluding tert-OH is 1. The summed E-state index contributed by atoms with van der Waals surface area (Å²) in [6.07, 6.45) is 6.66. The number of nitrogens with zero attached hydrogens (tertiary/aromatic N) is 3. The Balaban J connectivity index is 1.70. The van der Waals surface area contributed by atoms with Gasteiger partial charge in [-0.05, 0) is 36.7 Å². The average Bonchev–Trinajstić information content (AvgIpc) is 2.86. The van der Waals surface area contributed by atoms with Crippen molar-refractivity contribution >= 4 is 5.95 Å². The molecule has 1 aliphatic carbocycles. The molecule has 17 heavy (non-hydrogen) atoms. The summed E-state index contributed by atoms with van der Waals surface area (Å²) < 4.78 is 0. The Hall–Kier alpha value is -1.16. The normalized spacial score (nSPS) is 31.9. The van der Waals surface area contributed by atoms with Gasteiger partial charge in [-0.25, -0.2) is 9.97 Å². The van der Waals surface area contributed by atoms with Crippen LogP contribution in [0.1, 0.15) is 25.3 Å². The van der Waals surface area contributed by atoms with Crippen LogP contribution in [-0.2, 0) is 6.42 Å². The Labute approximate surface area is 102 Å². The highest BCUT2D eigenvalue weighted by molar-refractivity contribution is 5.33. The van der Waals surface area contributed by atoms with Crippen molar-refractivity contribution in [1.29, 1.82) is 0 Å². The highest BCUT2D eigenvalue weighted by atomic mass is 16.3. The monoisotopic (exact) mass is 233 g/mol. The van der Waals surface area contributed by atoms with Crippen molar-refractivity contribution in [3.05, 3.63) is 18.0 Å². The number of aromatic nitrogens is 2. The lowest BCUT2D eigenvalue weighted by Gasteiger charge is -2.17. The van der Waals surface area contributed by atoms with E-state index >= 15 is 0 Å². The molecule has 0 aromatic carbocycles. The summed E-state index contributed by atoms with van der Waals surface area (Å²) in [5.74, 6) is 2.13. The van der Waals surface area contributed by atoms with Crippen LogP contribution in [0.4, 0.5) is 5.95 Å². The van der Waals surface area contributed by atoms with Crippen LogP contribution < -0.4 is 4.90 Å². The van der Waals surface area contributed by atoms with Crippen molar-refractivity contribution in [1.82, 2.24) is 9.97 Å². The van der Waals surface area contributed by atoms with E-state index in [1.165, 1.54) is 5.56 Å². The second kappa shape index (κ2) is 4.26. The van der Waals surface area contributed by atoms with Gasteiger partial charge in [0.05, 0.1) is 6.10 Å². The van der Waals surface area contributed by atoms with E-state index in [9.17, 15) is 5.11 Å². The summed E-state index contributed by atoms with van der Waals surface area (Å²) in [6.45, 7) is 4.13. The van der Waals surface area contributed by atoms with Crippen molar-refractivity contribution in [3.8, 4) is 0 Å². The first-order valence-electron chi connectivity index (χ1n) is 6.50. The zero-order valence-electron chi connectivity index (χ0n) is 10.2. The zero-order chi connectivity index (χ0) is 11.8. The maximum Gasteiger partial charge on any atom is 0.225 e. The summed E-state index contributed by atoms with van der Waals surface area (Å²) >= 11 is 0. The molecule has 0 spiro atoms. The standard InChI is InChI=1S/C13H19N3O/c1-2-9-5-14-13(15-6-9)16-7-10-3-12(17)4-11(10)8-16/h5-6,10-12,17H,2-4,7-8H2,1H3. The summed E-state index contributed by atoms with van der Waals surface area (Å²) in [5, 5.41) is 9.61. The van der Waals surface area contributed by atoms with Crippen LogP contribution in [0.25, 0.3) is 0 Å². The fourth-order valence-corrected chi connectivity index (χ4v) is 3.13. The molecule has 1 aromatic rings. The minimum atomic E-state index is -0.0736.